The number of hydrogen-bond acceptors (Lipinski definition) is 3. The number of carbonyl (C=O) groups is 2. The molecule has 1 aromatic carbocycles. The minimum absolute atomic E-state index is 0.0627. The molecule has 1 aromatic heterocycles. The molecule has 2 amide bonds. The smallest absolute Gasteiger partial charge is 0.230 e. The summed E-state index contributed by atoms with van der Waals surface area (Å²) >= 11 is 9.15. The van der Waals surface area contributed by atoms with Crippen LogP contribution in [0.25, 0.3) is 0 Å². The summed E-state index contributed by atoms with van der Waals surface area (Å²) in [7, 11) is 0. The van der Waals surface area contributed by atoms with Crippen molar-refractivity contribution < 1.29 is 9.59 Å². The van der Waals surface area contributed by atoms with E-state index < -0.39 is 5.92 Å². The molecule has 1 saturated heterocycles. The van der Waals surface area contributed by atoms with E-state index in [-0.39, 0.29) is 18.2 Å². The number of carbonyl (C=O) groups excluding carboxylic acids is 2. The Hall–Kier alpha value is -1.92. The molecule has 1 fully saturated rings. The van der Waals surface area contributed by atoms with E-state index in [2.05, 4.69) is 26.2 Å². The fourth-order valence-electron chi connectivity index (χ4n) is 2.45. The summed E-state index contributed by atoms with van der Waals surface area (Å²) in [4.78, 5) is 30.2. The average Bonchev–Trinajstić information content (AvgIpc) is 2.92. The Labute approximate surface area is 146 Å². The molecular formula is C16H13BrClN3O2. The summed E-state index contributed by atoms with van der Waals surface area (Å²) in [5.41, 5.74) is 0.782. The maximum Gasteiger partial charge on any atom is 0.230 e. The van der Waals surface area contributed by atoms with Gasteiger partial charge in [0.1, 0.15) is 5.82 Å². The summed E-state index contributed by atoms with van der Waals surface area (Å²) in [6, 6.07) is 10.7. The average molecular weight is 395 g/mol. The Morgan fingerprint density at radius 1 is 1.35 bits per heavy atom. The second-order valence-corrected chi connectivity index (χ2v) is 6.59. The van der Waals surface area contributed by atoms with Gasteiger partial charge in [0.05, 0.1) is 10.9 Å². The van der Waals surface area contributed by atoms with Gasteiger partial charge in [0.25, 0.3) is 0 Å². The van der Waals surface area contributed by atoms with E-state index in [1.807, 2.05) is 24.3 Å². The lowest BCUT2D eigenvalue weighted by atomic mass is 10.1. The van der Waals surface area contributed by atoms with Crippen molar-refractivity contribution in [2.45, 2.75) is 6.42 Å². The number of benzene rings is 1. The number of pyridine rings is 1. The second kappa shape index (κ2) is 6.68. The van der Waals surface area contributed by atoms with Gasteiger partial charge in [-0.2, -0.15) is 0 Å². The highest BCUT2D eigenvalue weighted by Gasteiger charge is 2.35. The third kappa shape index (κ3) is 3.71. The number of nitrogens with one attached hydrogen (secondary N) is 1. The molecule has 1 unspecified atom stereocenters. The van der Waals surface area contributed by atoms with Crippen LogP contribution in [0.5, 0.6) is 0 Å². The molecule has 0 spiro atoms. The Morgan fingerprint density at radius 3 is 2.87 bits per heavy atom. The Kier molecular flexibility index (Phi) is 4.63. The van der Waals surface area contributed by atoms with Crippen molar-refractivity contribution in [1.29, 1.82) is 0 Å². The molecule has 1 aliphatic heterocycles. The summed E-state index contributed by atoms with van der Waals surface area (Å²) in [6.45, 7) is 0.356. The monoisotopic (exact) mass is 393 g/mol. The Bertz CT molecular complexity index is 751. The number of anilines is 2. The molecule has 23 heavy (non-hydrogen) atoms. The van der Waals surface area contributed by atoms with E-state index in [4.69, 9.17) is 11.6 Å². The van der Waals surface area contributed by atoms with E-state index in [0.717, 1.165) is 10.2 Å². The maximum absolute atomic E-state index is 12.3. The minimum Gasteiger partial charge on any atom is -0.312 e. The molecule has 1 aliphatic rings. The Morgan fingerprint density at radius 2 is 2.17 bits per heavy atom. The first-order valence-corrected chi connectivity index (χ1v) is 8.18. The molecule has 2 heterocycles. The summed E-state index contributed by atoms with van der Waals surface area (Å²) in [5, 5.41) is 3.22. The standard InChI is InChI=1S/C16H13BrClN3O2/c17-11-2-1-3-13(7-11)21-9-10(6-15(21)22)16(23)20-14-5-4-12(18)8-19-14/h1-5,7-8,10H,6,9H2,(H,19,20,23). The SMILES string of the molecule is O=C(Nc1ccc(Cl)cn1)C1CC(=O)N(c2cccc(Br)c2)C1. The van der Waals surface area contributed by atoms with Gasteiger partial charge >= 0.3 is 0 Å². The van der Waals surface area contributed by atoms with Crippen LogP contribution in [0.1, 0.15) is 6.42 Å². The summed E-state index contributed by atoms with van der Waals surface area (Å²) in [5.74, 6) is -0.260. The molecule has 0 bridgehead atoms. The fraction of sp³-hybridized carbons (Fsp3) is 0.188. The summed E-state index contributed by atoms with van der Waals surface area (Å²) < 4.78 is 0.890. The van der Waals surface area contributed by atoms with Gasteiger partial charge in [0.15, 0.2) is 0 Å². The first-order valence-electron chi connectivity index (χ1n) is 7.01. The van der Waals surface area contributed by atoms with Crippen molar-refractivity contribution in [3.05, 3.63) is 52.1 Å². The second-order valence-electron chi connectivity index (χ2n) is 5.24. The third-order valence-electron chi connectivity index (χ3n) is 3.59. The Balaban J connectivity index is 1.69. The number of halogens is 2. The van der Waals surface area contributed by atoms with Crippen LogP contribution in [-0.2, 0) is 9.59 Å². The largest absolute Gasteiger partial charge is 0.312 e. The van der Waals surface area contributed by atoms with Crippen molar-refractivity contribution in [2.24, 2.45) is 5.92 Å². The first kappa shape index (κ1) is 16.0. The van der Waals surface area contributed by atoms with Crippen LogP contribution in [0.15, 0.2) is 47.1 Å². The predicted molar refractivity (Wildman–Crippen MR) is 92.5 cm³/mol. The number of aromatic nitrogens is 1. The normalized spacial score (nSPS) is 17.4. The van der Waals surface area contributed by atoms with E-state index in [9.17, 15) is 9.59 Å². The van der Waals surface area contributed by atoms with Gasteiger partial charge in [0.2, 0.25) is 11.8 Å². The van der Waals surface area contributed by atoms with E-state index >= 15 is 0 Å². The fourth-order valence-corrected chi connectivity index (χ4v) is 2.95. The molecule has 0 aliphatic carbocycles. The van der Waals surface area contributed by atoms with Gasteiger partial charge in [-0.05, 0) is 30.3 Å². The minimum atomic E-state index is -0.404. The number of amides is 2. The molecule has 1 N–H and O–H groups in total. The van der Waals surface area contributed by atoms with Crippen molar-refractivity contribution in [3.63, 3.8) is 0 Å². The van der Waals surface area contributed by atoms with E-state index in [1.54, 1.807) is 17.0 Å². The number of nitrogens with zero attached hydrogens (tertiary/aromatic N) is 2. The number of rotatable bonds is 3. The van der Waals surface area contributed by atoms with Crippen LogP contribution < -0.4 is 10.2 Å². The highest BCUT2D eigenvalue weighted by Crippen LogP contribution is 2.27. The maximum atomic E-state index is 12.3. The highest BCUT2D eigenvalue weighted by atomic mass is 79.9. The van der Waals surface area contributed by atoms with Gasteiger partial charge in [-0.15, -0.1) is 0 Å². The van der Waals surface area contributed by atoms with Crippen molar-refractivity contribution in [2.75, 3.05) is 16.8 Å². The van der Waals surface area contributed by atoms with Crippen molar-refractivity contribution in [1.82, 2.24) is 4.98 Å². The van der Waals surface area contributed by atoms with Gasteiger partial charge in [-0.1, -0.05) is 33.6 Å². The van der Waals surface area contributed by atoms with Crippen LogP contribution in [0, 0.1) is 5.92 Å². The zero-order valence-electron chi connectivity index (χ0n) is 12.0. The van der Waals surface area contributed by atoms with Gasteiger partial charge in [-0.25, -0.2) is 4.98 Å². The number of hydrogen-bond donors (Lipinski definition) is 1. The first-order chi connectivity index (χ1) is 11.0. The van der Waals surface area contributed by atoms with Gasteiger partial charge in [0, 0.05) is 29.3 Å². The third-order valence-corrected chi connectivity index (χ3v) is 4.31. The van der Waals surface area contributed by atoms with Crippen LogP contribution >= 0.6 is 27.5 Å². The van der Waals surface area contributed by atoms with Crippen molar-refractivity contribution in [3.8, 4) is 0 Å². The van der Waals surface area contributed by atoms with Crippen LogP contribution in [0.4, 0.5) is 11.5 Å². The predicted octanol–water partition coefficient (Wildman–Crippen LogP) is 3.49. The molecular weight excluding hydrogens is 382 g/mol. The van der Waals surface area contributed by atoms with Crippen molar-refractivity contribution >= 4 is 50.9 Å². The zero-order valence-corrected chi connectivity index (χ0v) is 14.3. The molecule has 5 nitrogen and oxygen atoms in total. The van der Waals surface area contributed by atoms with E-state index in [1.165, 1.54) is 6.20 Å². The lowest BCUT2D eigenvalue weighted by molar-refractivity contribution is -0.122. The quantitative estimate of drug-likeness (QED) is 0.867. The topological polar surface area (TPSA) is 62.3 Å². The molecule has 7 heteroatoms. The van der Waals surface area contributed by atoms with Gasteiger partial charge < -0.3 is 10.2 Å². The lowest BCUT2D eigenvalue weighted by Gasteiger charge is -2.17. The molecule has 1 atom stereocenters. The molecule has 118 valence electrons. The zero-order chi connectivity index (χ0) is 16.4. The lowest BCUT2D eigenvalue weighted by Crippen LogP contribution is -2.28. The highest BCUT2D eigenvalue weighted by molar-refractivity contribution is 9.10. The van der Waals surface area contributed by atoms with E-state index in [0.29, 0.717) is 17.4 Å². The summed E-state index contributed by atoms with van der Waals surface area (Å²) in [6.07, 6.45) is 1.65. The van der Waals surface area contributed by atoms with Gasteiger partial charge in [-0.3, -0.25) is 9.59 Å². The van der Waals surface area contributed by atoms with Crippen LogP contribution in [0.3, 0.4) is 0 Å². The molecule has 0 saturated carbocycles. The molecule has 3 rings (SSSR count). The van der Waals surface area contributed by atoms with Crippen LogP contribution in [-0.4, -0.2) is 23.3 Å². The molecule has 0 radical (unpaired) electrons. The molecule has 2 aromatic rings. The van der Waals surface area contributed by atoms with Crippen LogP contribution in [0.2, 0.25) is 5.02 Å².